The van der Waals surface area contributed by atoms with E-state index in [0.29, 0.717) is 45.2 Å². The quantitative estimate of drug-likeness (QED) is 0.0270. The Balaban J connectivity index is 0.000000191. The van der Waals surface area contributed by atoms with Gasteiger partial charge in [0, 0.05) is 98.3 Å². The summed E-state index contributed by atoms with van der Waals surface area (Å²) in [6.45, 7) is 15.1. The molecule has 0 aliphatic rings. The molecule has 0 bridgehead atoms. The van der Waals surface area contributed by atoms with Gasteiger partial charge < -0.3 is 25.1 Å². The Kier molecular flexibility index (Phi) is 27.6. The Labute approximate surface area is 573 Å². The molecule has 9 heterocycles. The number of amides is 1. The number of hydrogen-bond donors (Lipinski definition) is 0. The van der Waals surface area contributed by atoms with Gasteiger partial charge in [-0.1, -0.05) is 25.1 Å². The Hall–Kier alpha value is -9.07. The normalized spacial score (nSPS) is 11.2. The molecule has 0 aliphatic carbocycles. The van der Waals surface area contributed by atoms with Crippen molar-refractivity contribution in [3.8, 4) is 46.6 Å². The van der Waals surface area contributed by atoms with Crippen LogP contribution in [-0.2, 0) is 0 Å². The molecule has 0 unspecified atom stereocenters. The number of ketones is 2. The first kappa shape index (κ1) is 71.0. The summed E-state index contributed by atoms with van der Waals surface area (Å²) in [5.41, 5.74) is 4.18. The fourth-order valence-corrected chi connectivity index (χ4v) is 9.59. The van der Waals surface area contributed by atoms with Crippen molar-refractivity contribution < 1.29 is 92.3 Å². The number of carbonyl (C=O) groups excluding carboxylic acids is 3. The zero-order valence-electron chi connectivity index (χ0n) is 49.5. The second kappa shape index (κ2) is 35.4. The minimum absolute atomic E-state index is 0. The number of benzene rings is 2. The molecule has 0 radical (unpaired) electrons. The largest absolute Gasteiger partial charge is 3.00 e. The van der Waals surface area contributed by atoms with Crippen LogP contribution >= 0.6 is 34.0 Å². The van der Waals surface area contributed by atoms with Gasteiger partial charge in [0.05, 0.1) is 14.6 Å². The molecular formula is C61H57EuF3N17O6S3. The third-order valence-corrected chi connectivity index (χ3v) is 14.6. The zero-order valence-corrected chi connectivity index (χ0v) is 54.4. The van der Waals surface area contributed by atoms with Crippen molar-refractivity contribution in [2.24, 2.45) is 4.99 Å². The van der Waals surface area contributed by atoms with Crippen LogP contribution in [0.25, 0.3) is 46.6 Å². The number of alkyl halides is 3. The van der Waals surface area contributed by atoms with Gasteiger partial charge in [0.2, 0.25) is 0 Å². The number of aromatic nitrogens is 14. The molecule has 0 aliphatic heterocycles. The fourth-order valence-electron chi connectivity index (χ4n) is 7.71. The maximum Gasteiger partial charge on any atom is 3.00 e. The molecule has 2 aromatic carbocycles. The number of halogens is 3. The predicted molar refractivity (Wildman–Crippen MR) is 333 cm³/mol. The van der Waals surface area contributed by atoms with Crippen LogP contribution in [0, 0.1) is 49.4 Å². The van der Waals surface area contributed by atoms with E-state index >= 15 is 0 Å². The van der Waals surface area contributed by atoms with Gasteiger partial charge >= 0.3 is 55.6 Å². The number of allylic oxidation sites excluding steroid dienone is 4. The topological polar surface area (TPSA) is 288 Å². The molecule has 0 fully saturated rings. The van der Waals surface area contributed by atoms with Crippen molar-refractivity contribution in [2.75, 3.05) is 36.0 Å². The van der Waals surface area contributed by atoms with E-state index in [1.807, 2.05) is 48.5 Å². The number of nitrogens with zero attached hydrogens (tertiary/aromatic N) is 17. The van der Waals surface area contributed by atoms with E-state index in [-0.39, 0.29) is 71.9 Å². The van der Waals surface area contributed by atoms with Gasteiger partial charge in [-0.3, -0.25) is 14.4 Å². The molecular weight excluding hydrogens is 1370 g/mol. The van der Waals surface area contributed by atoms with Crippen LogP contribution in [0.3, 0.4) is 0 Å². The average molecular weight is 1430 g/mol. The molecule has 0 spiro atoms. The van der Waals surface area contributed by atoms with Gasteiger partial charge in [-0.2, -0.15) is 63.5 Å². The van der Waals surface area contributed by atoms with Crippen LogP contribution in [0.4, 0.5) is 24.5 Å². The van der Waals surface area contributed by atoms with Gasteiger partial charge in [0.1, 0.15) is 0 Å². The summed E-state index contributed by atoms with van der Waals surface area (Å²) in [6, 6.07) is 33.5. The van der Waals surface area contributed by atoms with Crippen LogP contribution in [0.5, 0.6) is 0 Å². The number of anilines is 2. The Morgan fingerprint density at radius 2 is 0.824 bits per heavy atom. The van der Waals surface area contributed by atoms with E-state index < -0.39 is 29.5 Å². The molecule has 1 amide bonds. The SMILES string of the molecule is CC([O-])=CC(=O)c1cccs1.CC([O-])=NC(=O)c1cccs1.CCN(CC)c1ccc(-c2nc(-n3cccn3)nc(-n3cccn3)n2)cc1.CCN(CC)c1ccc(-c2nc(-n3cccn3)nc(-n3cccn3)n2)cc1.O=C(C=C([O-])C(F)(F)F)c1cccs1.[Eu+3]. The Morgan fingerprint density at radius 1 is 0.495 bits per heavy atom. The summed E-state index contributed by atoms with van der Waals surface area (Å²) < 4.78 is 41.6. The average Bonchev–Trinajstić information content (AvgIpc) is 1.86. The summed E-state index contributed by atoms with van der Waals surface area (Å²) in [7, 11) is 0. The number of carbonyl (C=O) groups is 3. The number of aliphatic imine (C=N–C) groups is 1. The van der Waals surface area contributed by atoms with Gasteiger partial charge in [0.25, 0.3) is 29.7 Å². The van der Waals surface area contributed by atoms with Crippen molar-refractivity contribution in [2.45, 2.75) is 47.7 Å². The minimum atomic E-state index is -4.98. The van der Waals surface area contributed by atoms with Crippen LogP contribution in [0.15, 0.2) is 204 Å². The van der Waals surface area contributed by atoms with E-state index in [9.17, 15) is 42.9 Å². The summed E-state index contributed by atoms with van der Waals surface area (Å²) >= 11 is 3.60. The van der Waals surface area contributed by atoms with Crippen molar-refractivity contribution in [3.05, 3.63) is 213 Å². The Bertz CT molecular complexity index is 3710. The Morgan fingerprint density at radius 3 is 1.09 bits per heavy atom. The van der Waals surface area contributed by atoms with Crippen LogP contribution in [0.2, 0.25) is 0 Å². The fraction of sp³-hybridized carbons (Fsp3) is 0.180. The van der Waals surface area contributed by atoms with E-state index in [4.69, 9.17) is 0 Å². The van der Waals surface area contributed by atoms with Crippen molar-refractivity contribution in [3.63, 3.8) is 0 Å². The van der Waals surface area contributed by atoms with E-state index in [0.717, 1.165) is 54.7 Å². The van der Waals surface area contributed by atoms with E-state index in [1.54, 1.807) is 109 Å². The second-order valence-corrected chi connectivity index (χ2v) is 21.0. The molecule has 9 aromatic heterocycles. The summed E-state index contributed by atoms with van der Waals surface area (Å²) in [5, 5.41) is 53.3. The van der Waals surface area contributed by atoms with Gasteiger partial charge in [-0.15, -0.1) is 39.8 Å². The monoisotopic (exact) mass is 1430 g/mol. The van der Waals surface area contributed by atoms with Crippen molar-refractivity contribution >= 4 is 68.8 Å². The molecule has 468 valence electrons. The van der Waals surface area contributed by atoms with Crippen LogP contribution in [0.1, 0.15) is 70.6 Å². The van der Waals surface area contributed by atoms with Crippen LogP contribution < -0.4 is 25.1 Å². The summed E-state index contributed by atoms with van der Waals surface area (Å²) in [4.78, 5) is 69.4. The minimum Gasteiger partial charge on any atom is -0.876 e. The zero-order chi connectivity index (χ0) is 64.6. The third kappa shape index (κ3) is 21.3. The molecule has 0 N–H and O–H groups in total. The molecule has 23 nitrogen and oxygen atoms in total. The van der Waals surface area contributed by atoms with Gasteiger partial charge in [0.15, 0.2) is 23.2 Å². The van der Waals surface area contributed by atoms with Crippen molar-refractivity contribution in [1.29, 1.82) is 0 Å². The van der Waals surface area contributed by atoms with E-state index in [1.165, 1.54) is 60.0 Å². The number of rotatable bonds is 17. The summed E-state index contributed by atoms with van der Waals surface area (Å²) in [5.74, 6) is -1.41. The summed E-state index contributed by atoms with van der Waals surface area (Å²) in [6.07, 6.45) is 10.2. The maximum absolute atomic E-state index is 11.7. The molecule has 0 saturated carbocycles. The first-order valence-corrected chi connectivity index (χ1v) is 30.0. The first-order chi connectivity index (χ1) is 43.4. The van der Waals surface area contributed by atoms with Gasteiger partial charge in [-0.05, 0) is 166 Å². The standard InChI is InChI=1S/2C19H20N8.C8H5F3O2S.C8H8O2S.C7H7NO2S.Eu/c2*1-3-25(4-2)16-9-7-15(8-10-16)17-22-18(26-13-5-11-20-26)24-19(23-17)27-14-6-12-21-27;9-8(10,11)7(13)4-5(12)6-2-1-3-14-6;1-6(9)5-7(10)8-3-2-4-11-8;1-5(9)8-7(10)6-3-2-4-11-6;/h2*5-14H,3-4H2,1-2H3;1-4,13H;2-5,9H,1H3;2-4H,1H3,(H,8,9,10);/q;;;;;+3/p-3. The first-order valence-electron chi connectivity index (χ1n) is 27.4. The predicted octanol–water partition coefficient (Wildman–Crippen LogP) is 9.11. The smallest absolute Gasteiger partial charge is 0.876 e. The maximum atomic E-state index is 11.7. The van der Waals surface area contributed by atoms with Crippen LogP contribution in [-0.4, -0.2) is 125 Å². The van der Waals surface area contributed by atoms with Crippen molar-refractivity contribution in [1.82, 2.24) is 69.0 Å². The second-order valence-electron chi connectivity index (χ2n) is 18.1. The molecule has 91 heavy (non-hydrogen) atoms. The van der Waals surface area contributed by atoms with E-state index in [2.05, 4.69) is 117 Å². The number of hydrogen-bond acceptors (Lipinski definition) is 21. The third-order valence-electron chi connectivity index (χ3n) is 12.0. The van der Waals surface area contributed by atoms with Gasteiger partial charge in [-0.25, -0.2) is 23.7 Å². The molecule has 11 aromatic rings. The number of thiophene rings is 3. The molecule has 11 rings (SSSR count). The molecule has 30 heteroatoms. The molecule has 0 saturated heterocycles. The molecule has 0 atom stereocenters.